The molecule has 0 aliphatic rings. The first-order valence-corrected chi connectivity index (χ1v) is 14.3. The topological polar surface area (TPSA) is 3.88 Å². The van der Waals surface area contributed by atoms with Crippen LogP contribution in [0.4, 0.5) is 0 Å². The Morgan fingerprint density at radius 1 is 0.733 bits per heavy atom. The highest BCUT2D eigenvalue weighted by Gasteiger charge is 2.23. The van der Waals surface area contributed by atoms with Crippen molar-refractivity contribution in [2.45, 2.75) is 40.4 Å². The van der Waals surface area contributed by atoms with Crippen LogP contribution >= 0.6 is 0 Å². The summed E-state index contributed by atoms with van der Waals surface area (Å²) in [7, 11) is 0.837. The first-order valence-electron chi connectivity index (χ1n) is 10.8. The number of rotatable bonds is 3. The van der Waals surface area contributed by atoms with Crippen LogP contribution in [0.1, 0.15) is 16.8 Å². The summed E-state index contributed by atoms with van der Waals surface area (Å²) in [4.78, 5) is 0. The van der Waals surface area contributed by atoms with Crippen LogP contribution in [0, 0.1) is 20.8 Å². The van der Waals surface area contributed by atoms with Gasteiger partial charge in [0, 0.05) is 13.0 Å². The number of fused-ring (bicyclic) bond motifs is 1. The van der Waals surface area contributed by atoms with Crippen LogP contribution < -0.4 is 9.75 Å². The van der Waals surface area contributed by atoms with Gasteiger partial charge in [0.25, 0.3) is 0 Å². The molecular formula is C28H32NSi+. The summed E-state index contributed by atoms with van der Waals surface area (Å²) in [6.45, 7) is 14.0. The van der Waals surface area contributed by atoms with Crippen LogP contribution in [0.3, 0.4) is 0 Å². The molecule has 0 aliphatic carbocycles. The van der Waals surface area contributed by atoms with Crippen molar-refractivity contribution in [1.29, 1.82) is 0 Å². The summed E-state index contributed by atoms with van der Waals surface area (Å²) < 4.78 is 2.35. The van der Waals surface area contributed by atoms with Crippen molar-refractivity contribution in [3.8, 4) is 22.4 Å². The number of aromatic nitrogens is 1. The van der Waals surface area contributed by atoms with Gasteiger partial charge in [-0.2, -0.15) is 4.57 Å². The van der Waals surface area contributed by atoms with Crippen LogP contribution in [-0.4, -0.2) is 8.07 Å². The Bertz CT molecular complexity index is 1250. The molecule has 4 aromatic rings. The predicted octanol–water partition coefficient (Wildman–Crippen LogP) is 6.47. The Kier molecular flexibility index (Phi) is 5.15. The monoisotopic (exact) mass is 410 g/mol. The van der Waals surface area contributed by atoms with E-state index in [9.17, 15) is 0 Å². The standard InChI is InChI=1S/C28H32NSi/c1-19-15-23(22-11-9-8-10-12-22)18-27(21(19)3)28-26-14-13-25(30(5,6)7)17-24(26)16-20(2)29(28)4/h8-18H,1-7H3/q+1. The Morgan fingerprint density at radius 2 is 1.43 bits per heavy atom. The number of benzene rings is 3. The number of hydrogen-bond acceptors (Lipinski definition) is 0. The fourth-order valence-electron chi connectivity index (χ4n) is 4.27. The third-order valence-corrected chi connectivity index (χ3v) is 8.47. The first-order chi connectivity index (χ1) is 14.2. The van der Waals surface area contributed by atoms with Gasteiger partial charge in [0.15, 0.2) is 5.69 Å². The van der Waals surface area contributed by atoms with Gasteiger partial charge < -0.3 is 0 Å². The highest BCUT2D eigenvalue weighted by molar-refractivity contribution is 6.88. The molecule has 0 amide bonds. The maximum absolute atomic E-state index is 2.43. The lowest BCUT2D eigenvalue weighted by Crippen LogP contribution is -2.38. The number of pyridine rings is 1. The average molecular weight is 411 g/mol. The lowest BCUT2D eigenvalue weighted by molar-refractivity contribution is -0.665. The van der Waals surface area contributed by atoms with E-state index in [0.29, 0.717) is 0 Å². The van der Waals surface area contributed by atoms with Gasteiger partial charge in [0.2, 0.25) is 5.69 Å². The first kappa shape index (κ1) is 20.6. The molecule has 0 N–H and O–H groups in total. The molecule has 0 fully saturated rings. The largest absolute Gasteiger partial charge is 0.220 e. The molecule has 30 heavy (non-hydrogen) atoms. The van der Waals surface area contributed by atoms with E-state index in [2.05, 4.69) is 119 Å². The molecule has 0 saturated heterocycles. The van der Waals surface area contributed by atoms with Crippen molar-refractivity contribution in [2.75, 3.05) is 0 Å². The second kappa shape index (κ2) is 7.52. The minimum absolute atomic E-state index is 1.27. The van der Waals surface area contributed by atoms with Gasteiger partial charge >= 0.3 is 0 Å². The fourth-order valence-corrected chi connectivity index (χ4v) is 5.44. The lowest BCUT2D eigenvalue weighted by Gasteiger charge is -2.18. The minimum atomic E-state index is -1.36. The maximum Gasteiger partial charge on any atom is 0.220 e. The molecule has 1 aromatic heterocycles. The predicted molar refractivity (Wildman–Crippen MR) is 133 cm³/mol. The Morgan fingerprint density at radius 3 is 2.10 bits per heavy atom. The van der Waals surface area contributed by atoms with Gasteiger partial charge in [-0.3, -0.25) is 0 Å². The van der Waals surface area contributed by atoms with Crippen molar-refractivity contribution in [2.24, 2.45) is 7.05 Å². The molecule has 0 atom stereocenters. The van der Waals surface area contributed by atoms with E-state index in [1.54, 1.807) is 0 Å². The summed E-state index contributed by atoms with van der Waals surface area (Å²) >= 11 is 0. The summed E-state index contributed by atoms with van der Waals surface area (Å²) in [5, 5.41) is 4.20. The van der Waals surface area contributed by atoms with E-state index >= 15 is 0 Å². The molecule has 0 unspecified atom stereocenters. The minimum Gasteiger partial charge on any atom is -0.198 e. The molecule has 0 spiro atoms. The quantitative estimate of drug-likeness (QED) is 0.269. The third kappa shape index (κ3) is 3.61. The summed E-state index contributed by atoms with van der Waals surface area (Å²) in [5.74, 6) is 0. The zero-order chi connectivity index (χ0) is 21.6. The van der Waals surface area contributed by atoms with Crippen molar-refractivity contribution < 1.29 is 4.57 Å². The number of nitrogens with zero attached hydrogens (tertiary/aromatic N) is 1. The summed E-state index contributed by atoms with van der Waals surface area (Å²) in [5.41, 5.74) is 9.15. The second-order valence-electron chi connectivity index (χ2n) is 9.58. The molecule has 1 heterocycles. The van der Waals surface area contributed by atoms with Crippen molar-refractivity contribution in [1.82, 2.24) is 0 Å². The van der Waals surface area contributed by atoms with E-state index in [0.717, 1.165) is 0 Å². The highest BCUT2D eigenvalue weighted by atomic mass is 28.3. The molecule has 0 bridgehead atoms. The molecule has 3 aromatic carbocycles. The number of hydrogen-bond donors (Lipinski definition) is 0. The zero-order valence-electron chi connectivity index (χ0n) is 19.3. The molecular weight excluding hydrogens is 378 g/mol. The van der Waals surface area contributed by atoms with Gasteiger partial charge in [0.05, 0.1) is 19.0 Å². The SMILES string of the molecule is Cc1cc(-c2ccccc2)cc(-c2c3ccc([Si](C)(C)C)cc3cc(C)[n+]2C)c1C. The highest BCUT2D eigenvalue weighted by Crippen LogP contribution is 2.34. The lowest BCUT2D eigenvalue weighted by atomic mass is 9.92. The average Bonchev–Trinajstić information content (AvgIpc) is 2.71. The smallest absolute Gasteiger partial charge is 0.198 e. The Hall–Kier alpha value is -2.71. The summed E-state index contributed by atoms with van der Waals surface area (Å²) in [6.07, 6.45) is 0. The van der Waals surface area contributed by atoms with Gasteiger partial charge in [-0.15, -0.1) is 0 Å². The van der Waals surface area contributed by atoms with Gasteiger partial charge in [-0.25, -0.2) is 0 Å². The summed E-state index contributed by atoms with van der Waals surface area (Å²) in [6, 6.07) is 24.9. The second-order valence-corrected chi connectivity index (χ2v) is 14.7. The van der Waals surface area contributed by atoms with E-state index in [-0.39, 0.29) is 0 Å². The van der Waals surface area contributed by atoms with Gasteiger partial charge in [-0.1, -0.05) is 73.4 Å². The van der Waals surface area contributed by atoms with Crippen LogP contribution in [0.15, 0.2) is 66.7 Å². The van der Waals surface area contributed by atoms with Crippen molar-refractivity contribution >= 4 is 24.0 Å². The maximum atomic E-state index is 2.43. The Labute approximate surface area is 182 Å². The number of aryl methyl sites for hydroxylation is 2. The van der Waals surface area contributed by atoms with E-state index in [1.165, 1.54) is 55.2 Å². The van der Waals surface area contributed by atoms with E-state index in [4.69, 9.17) is 0 Å². The van der Waals surface area contributed by atoms with Crippen LogP contribution in [0.5, 0.6) is 0 Å². The molecule has 4 rings (SSSR count). The van der Waals surface area contributed by atoms with Crippen LogP contribution in [-0.2, 0) is 7.05 Å². The van der Waals surface area contributed by atoms with Gasteiger partial charge in [-0.05, 0) is 53.6 Å². The molecule has 152 valence electrons. The molecule has 0 radical (unpaired) electrons. The van der Waals surface area contributed by atoms with Crippen molar-refractivity contribution in [3.05, 3.63) is 83.6 Å². The molecule has 0 aliphatic heterocycles. The molecule has 1 nitrogen and oxygen atoms in total. The Balaban J connectivity index is 2.04. The van der Waals surface area contributed by atoms with Gasteiger partial charge in [0.1, 0.15) is 7.05 Å². The third-order valence-electron chi connectivity index (χ3n) is 6.43. The zero-order valence-corrected chi connectivity index (χ0v) is 20.3. The van der Waals surface area contributed by atoms with Crippen LogP contribution in [0.25, 0.3) is 33.2 Å². The van der Waals surface area contributed by atoms with E-state index < -0.39 is 8.07 Å². The molecule has 0 saturated carbocycles. The normalized spacial score (nSPS) is 11.8. The van der Waals surface area contributed by atoms with E-state index in [1.807, 2.05) is 0 Å². The van der Waals surface area contributed by atoms with Crippen molar-refractivity contribution in [3.63, 3.8) is 0 Å². The fraction of sp³-hybridized carbons (Fsp3) is 0.250. The van der Waals surface area contributed by atoms with Crippen LogP contribution in [0.2, 0.25) is 19.6 Å². The molecule has 2 heteroatoms.